The molecule has 6 nitrogen and oxygen atoms in total. The van der Waals surface area contributed by atoms with E-state index < -0.39 is 0 Å². The lowest BCUT2D eigenvalue weighted by Crippen LogP contribution is -2.20. The second kappa shape index (κ2) is 5.33. The van der Waals surface area contributed by atoms with Gasteiger partial charge in [-0.15, -0.1) is 0 Å². The zero-order chi connectivity index (χ0) is 15.7. The number of rotatable bonds is 2. The number of aromatic hydroxyl groups is 2. The van der Waals surface area contributed by atoms with E-state index in [0.717, 1.165) is 0 Å². The molecule has 110 valence electrons. The van der Waals surface area contributed by atoms with Crippen LogP contribution in [0, 0.1) is 6.92 Å². The molecule has 0 aliphatic rings. The first-order chi connectivity index (χ1) is 10.6. The van der Waals surface area contributed by atoms with Gasteiger partial charge in [-0.05, 0) is 31.2 Å². The number of benzene rings is 2. The molecule has 6 heteroatoms. The van der Waals surface area contributed by atoms with Gasteiger partial charge in [0.25, 0.3) is 5.56 Å². The Hall–Kier alpha value is -3.15. The molecule has 3 aromatic rings. The molecule has 0 aliphatic heterocycles. The van der Waals surface area contributed by atoms with Crippen molar-refractivity contribution in [2.45, 2.75) is 6.92 Å². The van der Waals surface area contributed by atoms with Crippen LogP contribution in [0.15, 0.2) is 52.4 Å². The van der Waals surface area contributed by atoms with E-state index in [1.54, 1.807) is 25.1 Å². The molecule has 2 aromatic carbocycles. The molecule has 0 amide bonds. The van der Waals surface area contributed by atoms with Crippen LogP contribution in [0.4, 0.5) is 0 Å². The maximum absolute atomic E-state index is 12.4. The largest absolute Gasteiger partial charge is 0.508 e. The zero-order valence-electron chi connectivity index (χ0n) is 11.8. The smallest absolute Gasteiger partial charge is 0.282 e. The minimum atomic E-state index is -0.280. The molecule has 0 unspecified atom stereocenters. The summed E-state index contributed by atoms with van der Waals surface area (Å²) in [5, 5.41) is 23.5. The predicted octanol–water partition coefficient (Wildman–Crippen LogP) is 2.00. The Morgan fingerprint density at radius 3 is 2.73 bits per heavy atom. The van der Waals surface area contributed by atoms with Crippen LogP contribution in [0.25, 0.3) is 10.9 Å². The molecule has 0 aliphatic carbocycles. The summed E-state index contributed by atoms with van der Waals surface area (Å²) in [4.78, 5) is 16.7. The van der Waals surface area contributed by atoms with Crippen molar-refractivity contribution >= 4 is 17.1 Å². The molecule has 1 heterocycles. The average molecular weight is 295 g/mol. The number of hydrogen-bond acceptors (Lipinski definition) is 5. The van der Waals surface area contributed by atoms with Crippen molar-refractivity contribution in [3.63, 3.8) is 0 Å². The van der Waals surface area contributed by atoms with Gasteiger partial charge in [-0.2, -0.15) is 9.78 Å². The first-order valence-electron chi connectivity index (χ1n) is 6.61. The van der Waals surface area contributed by atoms with E-state index in [9.17, 15) is 15.0 Å². The SMILES string of the molecule is Cc1nc2ccccc2c(=O)n1/N=C\c1ccc(O)cc1O. The summed E-state index contributed by atoms with van der Waals surface area (Å²) in [5.74, 6) is 0.275. The van der Waals surface area contributed by atoms with Crippen molar-refractivity contribution in [3.05, 3.63) is 64.2 Å². The molecule has 0 saturated heterocycles. The second-order valence-corrected chi connectivity index (χ2v) is 4.78. The van der Waals surface area contributed by atoms with Crippen molar-refractivity contribution < 1.29 is 10.2 Å². The second-order valence-electron chi connectivity index (χ2n) is 4.78. The predicted molar refractivity (Wildman–Crippen MR) is 83.5 cm³/mol. The van der Waals surface area contributed by atoms with Crippen LogP contribution in [0.2, 0.25) is 0 Å². The van der Waals surface area contributed by atoms with Crippen LogP contribution >= 0.6 is 0 Å². The Morgan fingerprint density at radius 1 is 1.18 bits per heavy atom. The summed E-state index contributed by atoms with van der Waals surface area (Å²) >= 11 is 0. The van der Waals surface area contributed by atoms with Crippen molar-refractivity contribution in [3.8, 4) is 11.5 Å². The lowest BCUT2D eigenvalue weighted by Gasteiger charge is -2.05. The Kier molecular flexibility index (Phi) is 3.34. The molecule has 0 radical (unpaired) electrons. The van der Waals surface area contributed by atoms with Crippen molar-refractivity contribution in [2.24, 2.45) is 5.10 Å². The third-order valence-electron chi connectivity index (χ3n) is 3.24. The molecular weight excluding hydrogens is 282 g/mol. The molecule has 0 saturated carbocycles. The van der Waals surface area contributed by atoms with Crippen molar-refractivity contribution in [2.75, 3.05) is 0 Å². The lowest BCUT2D eigenvalue weighted by atomic mass is 10.2. The van der Waals surface area contributed by atoms with Gasteiger partial charge >= 0.3 is 0 Å². The third-order valence-corrected chi connectivity index (χ3v) is 3.24. The molecule has 3 rings (SSSR count). The van der Waals surface area contributed by atoms with E-state index in [0.29, 0.717) is 22.3 Å². The number of fused-ring (bicyclic) bond motifs is 1. The minimum absolute atomic E-state index is 0.0460. The summed E-state index contributed by atoms with van der Waals surface area (Å²) in [5.41, 5.74) is 0.721. The van der Waals surface area contributed by atoms with Gasteiger partial charge in [0.05, 0.1) is 17.1 Å². The Balaban J connectivity index is 2.11. The third kappa shape index (κ3) is 2.42. The summed E-state index contributed by atoms with van der Waals surface area (Å²) < 4.78 is 1.18. The Morgan fingerprint density at radius 2 is 1.95 bits per heavy atom. The highest BCUT2D eigenvalue weighted by atomic mass is 16.3. The molecule has 0 spiro atoms. The molecule has 0 bridgehead atoms. The van der Waals surface area contributed by atoms with Crippen LogP contribution in [0.5, 0.6) is 11.5 Å². The standard InChI is InChI=1S/C16H13N3O3/c1-10-18-14-5-3-2-4-13(14)16(22)19(10)17-9-11-6-7-12(20)8-15(11)21/h2-9,20-21H,1H3/b17-9-. The molecular formula is C16H13N3O3. The molecule has 0 atom stereocenters. The normalized spacial score (nSPS) is 11.3. The fourth-order valence-electron chi connectivity index (χ4n) is 2.13. The van der Waals surface area contributed by atoms with E-state index in [-0.39, 0.29) is 17.1 Å². The maximum atomic E-state index is 12.4. The molecule has 2 N–H and O–H groups in total. The monoisotopic (exact) mass is 295 g/mol. The molecule has 0 fully saturated rings. The number of aryl methyl sites for hydroxylation is 1. The summed E-state index contributed by atoms with van der Waals surface area (Å²) in [7, 11) is 0. The van der Waals surface area contributed by atoms with E-state index in [1.165, 1.54) is 29.1 Å². The topological polar surface area (TPSA) is 87.7 Å². The van der Waals surface area contributed by atoms with Crippen LogP contribution in [-0.2, 0) is 0 Å². The number of phenols is 2. The minimum Gasteiger partial charge on any atom is -0.508 e. The van der Waals surface area contributed by atoms with E-state index in [1.807, 2.05) is 6.07 Å². The fraction of sp³-hybridized carbons (Fsp3) is 0.0625. The molecule has 22 heavy (non-hydrogen) atoms. The number of para-hydroxylation sites is 1. The van der Waals surface area contributed by atoms with Crippen molar-refractivity contribution in [1.82, 2.24) is 9.66 Å². The Labute approximate surface area is 125 Å². The van der Waals surface area contributed by atoms with Gasteiger partial charge in [-0.25, -0.2) is 4.98 Å². The van der Waals surface area contributed by atoms with Gasteiger partial charge in [0.2, 0.25) is 0 Å². The van der Waals surface area contributed by atoms with Crippen LogP contribution in [0.3, 0.4) is 0 Å². The average Bonchev–Trinajstić information content (AvgIpc) is 2.49. The molecule has 1 aromatic heterocycles. The number of phenolic OH excluding ortho intramolecular Hbond substituents is 2. The van der Waals surface area contributed by atoms with E-state index in [2.05, 4.69) is 10.1 Å². The number of nitrogens with zero attached hydrogens (tertiary/aromatic N) is 3. The Bertz CT molecular complexity index is 945. The first kappa shape index (κ1) is 13.8. The van der Waals surface area contributed by atoms with Gasteiger partial charge in [-0.3, -0.25) is 4.79 Å². The highest BCUT2D eigenvalue weighted by Gasteiger charge is 2.06. The van der Waals surface area contributed by atoms with Gasteiger partial charge in [0, 0.05) is 11.6 Å². The van der Waals surface area contributed by atoms with E-state index in [4.69, 9.17) is 0 Å². The van der Waals surface area contributed by atoms with Crippen LogP contribution in [0.1, 0.15) is 11.4 Å². The maximum Gasteiger partial charge on any atom is 0.282 e. The zero-order valence-corrected chi connectivity index (χ0v) is 11.8. The summed E-state index contributed by atoms with van der Waals surface area (Å²) in [6, 6.07) is 11.2. The van der Waals surface area contributed by atoms with Gasteiger partial charge in [0.15, 0.2) is 0 Å². The quantitative estimate of drug-likeness (QED) is 0.708. The van der Waals surface area contributed by atoms with Gasteiger partial charge < -0.3 is 10.2 Å². The summed E-state index contributed by atoms with van der Waals surface area (Å²) in [6.07, 6.45) is 1.35. The summed E-state index contributed by atoms with van der Waals surface area (Å²) in [6.45, 7) is 1.68. The highest BCUT2D eigenvalue weighted by molar-refractivity contribution is 5.84. The van der Waals surface area contributed by atoms with Crippen molar-refractivity contribution in [1.29, 1.82) is 0 Å². The van der Waals surface area contributed by atoms with Crippen LogP contribution < -0.4 is 5.56 Å². The number of aromatic nitrogens is 2. The van der Waals surface area contributed by atoms with Crippen LogP contribution in [-0.4, -0.2) is 26.1 Å². The first-order valence-corrected chi connectivity index (χ1v) is 6.61. The highest BCUT2D eigenvalue weighted by Crippen LogP contribution is 2.20. The lowest BCUT2D eigenvalue weighted by molar-refractivity contribution is 0.450. The van der Waals surface area contributed by atoms with E-state index >= 15 is 0 Å². The number of hydrogen-bond donors (Lipinski definition) is 2. The van der Waals surface area contributed by atoms with Gasteiger partial charge in [-0.1, -0.05) is 12.1 Å². The van der Waals surface area contributed by atoms with Gasteiger partial charge in [0.1, 0.15) is 17.3 Å². The fourth-order valence-corrected chi connectivity index (χ4v) is 2.13.